The van der Waals surface area contributed by atoms with Gasteiger partial charge in [0.05, 0.1) is 6.10 Å². The van der Waals surface area contributed by atoms with Crippen LogP contribution < -0.4 is 4.74 Å². The third kappa shape index (κ3) is 1.89. The van der Waals surface area contributed by atoms with Crippen molar-refractivity contribution in [1.29, 1.82) is 0 Å². The minimum absolute atomic E-state index is 0.196. The predicted octanol–water partition coefficient (Wildman–Crippen LogP) is 2.91. The van der Waals surface area contributed by atoms with Gasteiger partial charge in [0.15, 0.2) is 0 Å². The van der Waals surface area contributed by atoms with Crippen LogP contribution in [0.4, 0.5) is 0 Å². The molecule has 0 saturated heterocycles. The van der Waals surface area contributed by atoms with E-state index in [-0.39, 0.29) is 11.4 Å². The maximum atomic E-state index is 10.2. The molecule has 17 heavy (non-hydrogen) atoms. The summed E-state index contributed by atoms with van der Waals surface area (Å²) in [6.45, 7) is 0. The Morgan fingerprint density at radius 1 is 1.18 bits per heavy atom. The SMILES string of the molecule is Oc1ccc2c(c1)OC1(CCCCC1)C[C@@H]2O. The van der Waals surface area contributed by atoms with Gasteiger partial charge < -0.3 is 14.9 Å². The normalized spacial score (nSPS) is 26.3. The Bertz CT molecular complexity index is 421. The van der Waals surface area contributed by atoms with Crippen LogP contribution in [0.5, 0.6) is 11.5 Å². The van der Waals surface area contributed by atoms with Crippen molar-refractivity contribution in [3.8, 4) is 11.5 Å². The lowest BCUT2D eigenvalue weighted by molar-refractivity contribution is -0.0382. The summed E-state index contributed by atoms with van der Waals surface area (Å²) >= 11 is 0. The molecule has 3 nitrogen and oxygen atoms in total. The first kappa shape index (κ1) is 10.9. The summed E-state index contributed by atoms with van der Waals surface area (Å²) < 4.78 is 6.09. The van der Waals surface area contributed by atoms with Gasteiger partial charge in [0.1, 0.15) is 17.1 Å². The highest BCUT2D eigenvalue weighted by Crippen LogP contribution is 2.46. The van der Waals surface area contributed by atoms with Crippen LogP contribution in [0.25, 0.3) is 0 Å². The zero-order valence-electron chi connectivity index (χ0n) is 9.85. The number of ether oxygens (including phenoxy) is 1. The lowest BCUT2D eigenvalue weighted by Gasteiger charge is -2.43. The molecule has 3 heteroatoms. The smallest absolute Gasteiger partial charge is 0.129 e. The molecule has 2 aliphatic rings. The number of phenols is 1. The largest absolute Gasteiger partial charge is 0.508 e. The molecule has 1 saturated carbocycles. The summed E-state index contributed by atoms with van der Waals surface area (Å²) in [6.07, 6.45) is 5.84. The molecule has 0 bridgehead atoms. The molecule has 1 atom stereocenters. The van der Waals surface area contributed by atoms with E-state index in [1.165, 1.54) is 19.3 Å². The van der Waals surface area contributed by atoms with Gasteiger partial charge in [0.25, 0.3) is 0 Å². The second kappa shape index (κ2) is 3.91. The number of aliphatic hydroxyl groups is 1. The fourth-order valence-corrected chi connectivity index (χ4v) is 3.13. The number of phenolic OH excluding ortho intramolecular Hbond substituents is 1. The molecule has 1 aromatic rings. The second-order valence-corrected chi connectivity index (χ2v) is 5.29. The molecule has 1 aromatic carbocycles. The molecule has 1 aliphatic carbocycles. The minimum Gasteiger partial charge on any atom is -0.508 e. The molecule has 0 unspecified atom stereocenters. The van der Waals surface area contributed by atoms with E-state index < -0.39 is 6.10 Å². The van der Waals surface area contributed by atoms with Gasteiger partial charge >= 0.3 is 0 Å². The summed E-state index contributed by atoms with van der Waals surface area (Å²) in [6, 6.07) is 4.98. The number of aromatic hydroxyl groups is 1. The summed E-state index contributed by atoms with van der Waals surface area (Å²) in [5.74, 6) is 0.856. The topological polar surface area (TPSA) is 49.7 Å². The molecular weight excluding hydrogens is 216 g/mol. The van der Waals surface area contributed by atoms with Crippen molar-refractivity contribution in [2.45, 2.75) is 50.2 Å². The molecule has 0 radical (unpaired) electrons. The van der Waals surface area contributed by atoms with Crippen molar-refractivity contribution in [2.75, 3.05) is 0 Å². The number of rotatable bonds is 0. The molecule has 1 heterocycles. The Balaban J connectivity index is 1.95. The van der Waals surface area contributed by atoms with Crippen LogP contribution >= 0.6 is 0 Å². The Labute approximate surface area is 101 Å². The zero-order valence-corrected chi connectivity index (χ0v) is 9.85. The standard InChI is InChI=1S/C14H18O3/c15-10-4-5-11-12(16)9-14(17-13(11)8-10)6-2-1-3-7-14/h4-5,8,12,15-16H,1-3,6-7,9H2/t12-/m0/s1. The third-order valence-corrected chi connectivity index (χ3v) is 4.01. The number of fused-ring (bicyclic) bond motifs is 1. The fraction of sp³-hybridized carbons (Fsp3) is 0.571. The number of hydrogen-bond donors (Lipinski definition) is 2. The van der Waals surface area contributed by atoms with Crippen molar-refractivity contribution >= 4 is 0 Å². The Morgan fingerprint density at radius 2 is 1.94 bits per heavy atom. The van der Waals surface area contributed by atoms with Gasteiger partial charge in [-0.05, 0) is 37.8 Å². The zero-order chi connectivity index (χ0) is 11.9. The first-order chi connectivity index (χ1) is 8.19. The molecule has 1 fully saturated rings. The van der Waals surface area contributed by atoms with E-state index in [1.807, 2.05) is 0 Å². The lowest BCUT2D eigenvalue weighted by atomic mass is 9.78. The van der Waals surface area contributed by atoms with Crippen LogP contribution in [0.15, 0.2) is 18.2 Å². The van der Waals surface area contributed by atoms with Gasteiger partial charge in [-0.2, -0.15) is 0 Å². The van der Waals surface area contributed by atoms with Gasteiger partial charge in [0, 0.05) is 18.1 Å². The van der Waals surface area contributed by atoms with E-state index in [1.54, 1.807) is 18.2 Å². The van der Waals surface area contributed by atoms with E-state index in [4.69, 9.17) is 4.74 Å². The van der Waals surface area contributed by atoms with Gasteiger partial charge in [-0.15, -0.1) is 0 Å². The third-order valence-electron chi connectivity index (χ3n) is 4.01. The Hall–Kier alpha value is -1.22. The molecule has 2 N–H and O–H groups in total. The molecule has 0 aromatic heterocycles. The average molecular weight is 234 g/mol. The van der Waals surface area contributed by atoms with Crippen molar-refractivity contribution in [3.05, 3.63) is 23.8 Å². The molecule has 0 amide bonds. The van der Waals surface area contributed by atoms with Crippen molar-refractivity contribution in [1.82, 2.24) is 0 Å². The van der Waals surface area contributed by atoms with Crippen LogP contribution in [0.1, 0.15) is 50.2 Å². The summed E-state index contributed by atoms with van der Waals surface area (Å²) in [7, 11) is 0. The van der Waals surface area contributed by atoms with E-state index in [2.05, 4.69) is 0 Å². The summed E-state index contributed by atoms with van der Waals surface area (Å²) in [4.78, 5) is 0. The van der Waals surface area contributed by atoms with E-state index in [9.17, 15) is 10.2 Å². The van der Waals surface area contributed by atoms with E-state index in [0.29, 0.717) is 12.2 Å². The maximum absolute atomic E-state index is 10.2. The van der Waals surface area contributed by atoms with Crippen molar-refractivity contribution < 1.29 is 14.9 Å². The van der Waals surface area contributed by atoms with Gasteiger partial charge in [0.2, 0.25) is 0 Å². The quantitative estimate of drug-likeness (QED) is 0.725. The first-order valence-corrected chi connectivity index (χ1v) is 6.39. The maximum Gasteiger partial charge on any atom is 0.129 e. The van der Waals surface area contributed by atoms with Crippen LogP contribution in [-0.2, 0) is 0 Å². The number of benzene rings is 1. The molecule has 92 valence electrons. The van der Waals surface area contributed by atoms with E-state index >= 15 is 0 Å². The van der Waals surface area contributed by atoms with Crippen molar-refractivity contribution in [2.24, 2.45) is 0 Å². The molecular formula is C14H18O3. The van der Waals surface area contributed by atoms with Crippen molar-refractivity contribution in [3.63, 3.8) is 0 Å². The van der Waals surface area contributed by atoms with Crippen LogP contribution in [0, 0.1) is 0 Å². The Morgan fingerprint density at radius 3 is 2.71 bits per heavy atom. The van der Waals surface area contributed by atoms with E-state index in [0.717, 1.165) is 18.4 Å². The molecule has 1 aliphatic heterocycles. The van der Waals surface area contributed by atoms with Crippen LogP contribution in [0.3, 0.4) is 0 Å². The molecule has 1 spiro atoms. The average Bonchev–Trinajstić information content (AvgIpc) is 2.29. The fourth-order valence-electron chi connectivity index (χ4n) is 3.13. The highest BCUT2D eigenvalue weighted by molar-refractivity contribution is 5.43. The number of hydrogen-bond acceptors (Lipinski definition) is 3. The minimum atomic E-state index is -0.461. The second-order valence-electron chi connectivity index (χ2n) is 5.29. The van der Waals surface area contributed by atoms with Crippen LogP contribution in [-0.4, -0.2) is 15.8 Å². The predicted molar refractivity (Wildman–Crippen MR) is 64.1 cm³/mol. The summed E-state index contributed by atoms with van der Waals surface area (Å²) in [5, 5.41) is 19.7. The highest BCUT2D eigenvalue weighted by atomic mass is 16.5. The van der Waals surface area contributed by atoms with Gasteiger partial charge in [-0.25, -0.2) is 0 Å². The van der Waals surface area contributed by atoms with Crippen LogP contribution in [0.2, 0.25) is 0 Å². The highest BCUT2D eigenvalue weighted by Gasteiger charge is 2.41. The lowest BCUT2D eigenvalue weighted by Crippen LogP contribution is -2.42. The summed E-state index contributed by atoms with van der Waals surface area (Å²) in [5.41, 5.74) is 0.609. The number of aliphatic hydroxyl groups excluding tert-OH is 1. The first-order valence-electron chi connectivity index (χ1n) is 6.39. The van der Waals surface area contributed by atoms with Gasteiger partial charge in [-0.1, -0.05) is 6.42 Å². The monoisotopic (exact) mass is 234 g/mol. The molecule has 3 rings (SSSR count). The van der Waals surface area contributed by atoms with Gasteiger partial charge in [-0.3, -0.25) is 0 Å². The Kier molecular flexibility index (Phi) is 2.51.